The van der Waals surface area contributed by atoms with Crippen LogP contribution < -0.4 is 5.73 Å². The number of rotatable bonds is 33. The number of aliphatic hydroxyl groups excluding tert-OH is 1. The Morgan fingerprint density at radius 1 is 0.800 bits per heavy atom. The summed E-state index contributed by atoms with van der Waals surface area (Å²) >= 11 is 1.42. The molecule has 0 aliphatic carbocycles. The number of carbonyl (C=O) groups excluding carboxylic acids is 8. The largest absolute Gasteiger partial charge is 0.445 e. The Morgan fingerprint density at radius 3 is 1.98 bits per heavy atom. The number of hydrogen-bond acceptors (Lipinski definition) is 14. The van der Waals surface area contributed by atoms with Crippen LogP contribution in [0.4, 0.5) is 4.79 Å². The number of amides is 5. The first-order valence-corrected chi connectivity index (χ1v) is 30.1. The molecule has 2 fully saturated rings. The maximum Gasteiger partial charge on any atom is 0.404 e. The third kappa shape index (κ3) is 20.5. The Kier molecular flexibility index (Phi) is 29.8. The molecule has 0 spiro atoms. The minimum atomic E-state index is -0.818. The van der Waals surface area contributed by atoms with E-state index >= 15 is 0 Å². The maximum atomic E-state index is 14.3. The number of nitrogens with two attached hydrogens (primary N) is 1. The van der Waals surface area contributed by atoms with Crippen molar-refractivity contribution in [3.63, 3.8) is 0 Å². The van der Waals surface area contributed by atoms with Gasteiger partial charge in [0.1, 0.15) is 18.2 Å². The van der Waals surface area contributed by atoms with Crippen molar-refractivity contribution in [3.8, 4) is 0 Å². The summed E-state index contributed by atoms with van der Waals surface area (Å²) in [6.45, 7) is 17.0. The third-order valence-electron chi connectivity index (χ3n) is 16.2. The SMILES string of the molecule is CC[C@H](C)[C@@H]([C@@H](CC(=O)N1CCC[C@H]1[C@H](OC)[C@@H](C)C(=O)C[C@H](C)[C@@H](O)c1ccccc1)OC)N(C)C(=O)[C@@H](CC(=O)[C@H](C(C)C)N(C)C)C(C)C.CSC1CC(=O)N(CCCCCC(=O)Cc2ccc(COC(N)=O)cc2)C1=O. The van der Waals surface area contributed by atoms with Crippen LogP contribution in [-0.4, -0.2) is 162 Å². The monoisotopic (exact) mass is 1140 g/mol. The van der Waals surface area contributed by atoms with Crippen molar-refractivity contribution in [1.82, 2.24) is 19.6 Å². The summed E-state index contributed by atoms with van der Waals surface area (Å²) in [7, 11) is 8.76. The second kappa shape index (κ2) is 34.4. The quantitative estimate of drug-likeness (QED) is 0.0505. The summed E-state index contributed by atoms with van der Waals surface area (Å²) in [5, 5.41) is 10.7. The van der Waals surface area contributed by atoms with Gasteiger partial charge in [0.25, 0.3) is 0 Å². The van der Waals surface area contributed by atoms with Gasteiger partial charge in [0, 0.05) is 78.3 Å². The van der Waals surface area contributed by atoms with Crippen molar-refractivity contribution in [3.05, 3.63) is 71.3 Å². The molecule has 3 N–H and O–H groups in total. The first-order chi connectivity index (χ1) is 37.8. The highest BCUT2D eigenvalue weighted by atomic mass is 32.2. The average Bonchev–Trinajstić information content (AvgIpc) is 4.02. The van der Waals surface area contributed by atoms with Crippen LogP contribution in [0.15, 0.2) is 54.6 Å². The molecule has 0 radical (unpaired) electrons. The zero-order chi connectivity index (χ0) is 60.0. The van der Waals surface area contributed by atoms with E-state index in [0.717, 1.165) is 48.8 Å². The van der Waals surface area contributed by atoms with Gasteiger partial charge >= 0.3 is 6.09 Å². The molecular formula is C62H97N5O12S. The predicted molar refractivity (Wildman–Crippen MR) is 313 cm³/mol. The van der Waals surface area contributed by atoms with Crippen molar-refractivity contribution in [1.29, 1.82) is 0 Å². The van der Waals surface area contributed by atoms with Crippen molar-refractivity contribution >= 4 is 58.8 Å². The molecule has 80 heavy (non-hydrogen) atoms. The summed E-state index contributed by atoms with van der Waals surface area (Å²) in [5.74, 6) is -1.38. The van der Waals surface area contributed by atoms with Gasteiger partial charge in [-0.25, -0.2) is 4.79 Å². The van der Waals surface area contributed by atoms with Crippen LogP contribution in [0.5, 0.6) is 0 Å². The van der Waals surface area contributed by atoms with Gasteiger partial charge in [-0.05, 0) is 86.4 Å². The molecule has 0 saturated carbocycles. The van der Waals surface area contributed by atoms with Crippen molar-refractivity contribution in [2.75, 3.05) is 54.7 Å². The summed E-state index contributed by atoms with van der Waals surface area (Å²) < 4.78 is 16.7. The number of thioether (sulfide) groups is 1. The normalized spacial score (nSPS) is 18.9. The number of benzene rings is 2. The minimum Gasteiger partial charge on any atom is -0.445 e. The highest BCUT2D eigenvalue weighted by Crippen LogP contribution is 2.33. The molecule has 448 valence electrons. The predicted octanol–water partition coefficient (Wildman–Crippen LogP) is 8.50. The number of aliphatic hydroxyl groups is 1. The third-order valence-corrected chi connectivity index (χ3v) is 17.2. The van der Waals surface area contributed by atoms with E-state index < -0.39 is 42.3 Å². The van der Waals surface area contributed by atoms with Gasteiger partial charge in [-0.2, -0.15) is 11.8 Å². The topological polar surface area (TPSA) is 223 Å². The van der Waals surface area contributed by atoms with Gasteiger partial charge < -0.3 is 34.9 Å². The van der Waals surface area contributed by atoms with Crippen molar-refractivity contribution < 1.29 is 57.7 Å². The van der Waals surface area contributed by atoms with E-state index in [0.29, 0.717) is 38.8 Å². The lowest BCUT2D eigenvalue weighted by Crippen LogP contribution is -2.54. The van der Waals surface area contributed by atoms with E-state index in [4.69, 9.17) is 19.9 Å². The Balaban J connectivity index is 0.000000502. The van der Waals surface area contributed by atoms with Crippen LogP contribution >= 0.6 is 11.8 Å². The van der Waals surface area contributed by atoms with E-state index in [2.05, 4.69) is 13.8 Å². The standard InChI is InChI=1S/C42H71N3O7.C20H26N2O5S/c1-14-28(6)39(44(11)42(50)32(26(2)3)24-35(47)38(27(4)5)43(9)10)36(51-12)25-37(48)45-22-18-21-33(45)41(52-13)30(8)34(46)23-29(7)40(49)31-19-16-15-17-20-31;1-28-17-12-18(24)22(19(17)25)10-4-2-3-5-16(23)11-14-6-8-15(9-7-14)13-27-20(21)26/h15-17,19-20,26-30,32-33,36,38-41,49H,14,18,21-25H2,1-13H3;6-9,17H,2-5,10-13H2,1H3,(H2,21,26)/t28-,29-,30-,32-,33-,36+,38-,39-,40+,41+;/m0./s1. The zero-order valence-electron chi connectivity index (χ0n) is 50.5. The Hall–Kier alpha value is -5.01. The fourth-order valence-corrected chi connectivity index (χ4v) is 12.1. The number of likely N-dealkylation sites (tertiary alicyclic amines) is 2. The number of primary amides is 1. The van der Waals surface area contributed by atoms with Crippen LogP contribution in [0.25, 0.3) is 0 Å². The maximum absolute atomic E-state index is 14.3. The van der Waals surface area contributed by atoms with E-state index in [1.54, 1.807) is 38.3 Å². The fourth-order valence-electron chi connectivity index (χ4n) is 11.5. The van der Waals surface area contributed by atoms with Gasteiger partial charge in [-0.3, -0.25) is 43.4 Å². The zero-order valence-corrected chi connectivity index (χ0v) is 51.3. The van der Waals surface area contributed by atoms with E-state index in [1.807, 2.05) is 114 Å². The van der Waals surface area contributed by atoms with Crippen LogP contribution in [-0.2, 0) is 60.8 Å². The summed E-state index contributed by atoms with van der Waals surface area (Å²) in [5.41, 5.74) is 7.42. The summed E-state index contributed by atoms with van der Waals surface area (Å²) in [6.07, 6.45) is 5.26. The number of unbranched alkanes of at least 4 members (excludes halogenated alkanes) is 2. The second-order valence-corrected chi connectivity index (χ2v) is 24.1. The Labute approximate surface area is 482 Å². The van der Waals surface area contributed by atoms with Gasteiger partial charge in [0.05, 0.1) is 48.1 Å². The Bertz CT molecular complexity index is 2290. The van der Waals surface area contributed by atoms with Crippen molar-refractivity contribution in [2.24, 2.45) is 41.2 Å². The molecule has 2 aromatic carbocycles. The highest BCUT2D eigenvalue weighted by molar-refractivity contribution is 8.00. The number of methoxy groups -OCH3 is 2. The first kappa shape index (κ1) is 69.3. The molecule has 2 aliphatic rings. The molecule has 17 nitrogen and oxygen atoms in total. The average molecular weight is 1140 g/mol. The molecule has 4 rings (SSSR count). The lowest BCUT2D eigenvalue weighted by Gasteiger charge is -2.41. The molecule has 2 aliphatic heterocycles. The number of nitrogens with zero attached hydrogens (tertiary/aromatic N) is 4. The fraction of sp³-hybridized carbons (Fsp3) is 0.677. The molecule has 11 atom stereocenters. The second-order valence-electron chi connectivity index (χ2n) is 23.0. The molecular weight excluding hydrogens is 1040 g/mol. The number of ether oxygens (including phenoxy) is 3. The lowest BCUT2D eigenvalue weighted by atomic mass is 9.83. The number of likely N-dealkylation sites (N-methyl/N-ethyl adjacent to an activating group) is 2. The number of imide groups is 1. The van der Waals surface area contributed by atoms with E-state index in [1.165, 1.54) is 16.7 Å². The molecule has 5 amide bonds. The smallest absolute Gasteiger partial charge is 0.404 e. The molecule has 1 unspecified atom stereocenters. The molecule has 0 aromatic heterocycles. The summed E-state index contributed by atoms with van der Waals surface area (Å²) in [4.78, 5) is 109. The minimum absolute atomic E-state index is 0.0103. The molecule has 2 saturated heterocycles. The highest BCUT2D eigenvalue weighted by Gasteiger charge is 2.44. The van der Waals surface area contributed by atoms with Crippen LogP contribution in [0.2, 0.25) is 0 Å². The van der Waals surface area contributed by atoms with Gasteiger partial charge in [0.15, 0.2) is 5.78 Å². The van der Waals surface area contributed by atoms with Gasteiger partial charge in [-0.15, -0.1) is 0 Å². The van der Waals surface area contributed by atoms with E-state index in [-0.39, 0.29) is 108 Å². The van der Waals surface area contributed by atoms with Crippen LogP contribution in [0.3, 0.4) is 0 Å². The van der Waals surface area contributed by atoms with Crippen molar-refractivity contribution in [2.45, 2.75) is 181 Å². The first-order valence-electron chi connectivity index (χ1n) is 28.8. The van der Waals surface area contributed by atoms with E-state index in [9.17, 15) is 43.5 Å². The molecule has 0 bridgehead atoms. The number of carbonyl (C=O) groups is 8. The molecule has 2 heterocycles. The van der Waals surface area contributed by atoms with Crippen LogP contribution in [0, 0.1) is 35.5 Å². The number of ketones is 3. The van der Waals surface area contributed by atoms with Crippen LogP contribution in [0.1, 0.15) is 149 Å². The molecule has 2 aromatic rings. The number of Topliss-reactive ketones (excluding diaryl/α,β-unsaturated/α-hetero) is 3. The van der Waals surface area contributed by atoms with Gasteiger partial charge in [0.2, 0.25) is 23.6 Å². The summed E-state index contributed by atoms with van der Waals surface area (Å²) in [6, 6.07) is 15.7. The number of hydrogen-bond donors (Lipinski definition) is 2. The molecule has 18 heteroatoms. The lowest BCUT2D eigenvalue weighted by molar-refractivity contribution is -0.149. The van der Waals surface area contributed by atoms with Gasteiger partial charge in [-0.1, -0.05) is 123 Å². The Morgan fingerprint density at radius 2 is 1.44 bits per heavy atom.